The van der Waals surface area contributed by atoms with Crippen LogP contribution in [0.25, 0.3) is 75.8 Å². The van der Waals surface area contributed by atoms with Gasteiger partial charge in [-0.2, -0.15) is 0 Å². The quantitative estimate of drug-likeness (QED) is 0.140. The molecule has 1 nitrogen and oxygen atoms in total. The number of nitrogens with zero attached hydrogens (tertiary/aromatic N) is 1. The van der Waals surface area contributed by atoms with E-state index >= 15 is 0 Å². The number of hydrogen-bond donors (Lipinski definition) is 0. The normalized spacial score (nSPS) is 12.5. The van der Waals surface area contributed by atoms with Crippen LogP contribution in [0.5, 0.6) is 0 Å². The number of benzene rings is 11. The lowest BCUT2D eigenvalue weighted by Gasteiger charge is -2.35. The highest BCUT2D eigenvalue weighted by Crippen LogP contribution is 2.58. The molecule has 69 heavy (non-hydrogen) atoms. The van der Waals surface area contributed by atoms with E-state index < -0.39 is 5.41 Å². The highest BCUT2D eigenvalue weighted by molar-refractivity contribution is 7.26. The van der Waals surface area contributed by atoms with Gasteiger partial charge in [0.15, 0.2) is 0 Å². The Labute approximate surface area is 407 Å². The molecule has 0 bridgehead atoms. The lowest BCUT2D eigenvalue weighted by Crippen LogP contribution is -2.28. The third-order valence-electron chi connectivity index (χ3n) is 14.2. The predicted octanol–water partition coefficient (Wildman–Crippen LogP) is 18.6. The van der Waals surface area contributed by atoms with E-state index in [1.54, 1.807) is 0 Å². The highest BCUT2D eigenvalue weighted by atomic mass is 32.1. The maximum absolute atomic E-state index is 2.48. The molecule has 2 heteroatoms. The van der Waals surface area contributed by atoms with Crippen molar-refractivity contribution >= 4 is 48.6 Å². The van der Waals surface area contributed by atoms with Crippen LogP contribution in [-0.2, 0) is 5.41 Å². The predicted molar refractivity (Wildman–Crippen MR) is 293 cm³/mol. The molecule has 0 saturated carbocycles. The van der Waals surface area contributed by atoms with E-state index in [1.807, 2.05) is 11.3 Å². The van der Waals surface area contributed by atoms with Gasteiger partial charge in [-0.15, -0.1) is 11.3 Å². The van der Waals surface area contributed by atoms with Crippen molar-refractivity contribution in [3.8, 4) is 55.6 Å². The SMILES string of the molecule is c1ccc(-c2ccc(-c3ccccc3N(c3ccc(-c4cccc5c4sc4ccccc45)cc3)c3ccc4c(c3)C(c3ccccc3)(c3ccccc3)c3cc(-c5ccccc5)ccc3-4)cc2)cc1. The van der Waals surface area contributed by atoms with Crippen molar-refractivity contribution in [2.45, 2.75) is 5.41 Å². The van der Waals surface area contributed by atoms with Gasteiger partial charge in [0, 0.05) is 37.1 Å². The van der Waals surface area contributed by atoms with Crippen LogP contribution in [0.15, 0.2) is 273 Å². The van der Waals surface area contributed by atoms with Crippen molar-refractivity contribution in [3.63, 3.8) is 0 Å². The summed E-state index contributed by atoms with van der Waals surface area (Å²) in [4.78, 5) is 2.48. The topological polar surface area (TPSA) is 3.24 Å². The fraction of sp³-hybridized carbons (Fsp3) is 0.0149. The fourth-order valence-corrected chi connectivity index (χ4v) is 12.2. The average molecular weight is 896 g/mol. The molecule has 0 radical (unpaired) electrons. The van der Waals surface area contributed by atoms with Crippen LogP contribution in [0.1, 0.15) is 22.3 Å². The first-order chi connectivity index (χ1) is 34.2. The van der Waals surface area contributed by atoms with E-state index in [4.69, 9.17) is 0 Å². The van der Waals surface area contributed by atoms with E-state index in [0.717, 1.165) is 28.2 Å². The molecule has 0 aliphatic heterocycles. The van der Waals surface area contributed by atoms with Crippen LogP contribution in [-0.4, -0.2) is 0 Å². The van der Waals surface area contributed by atoms with Gasteiger partial charge >= 0.3 is 0 Å². The van der Waals surface area contributed by atoms with Gasteiger partial charge in [0.05, 0.1) is 11.1 Å². The Hall–Kier alpha value is -8.56. The lowest BCUT2D eigenvalue weighted by atomic mass is 9.67. The number of anilines is 3. The second kappa shape index (κ2) is 16.9. The van der Waals surface area contributed by atoms with Crippen molar-refractivity contribution < 1.29 is 0 Å². The maximum atomic E-state index is 2.48. The molecule has 13 rings (SSSR count). The van der Waals surface area contributed by atoms with E-state index in [-0.39, 0.29) is 0 Å². The Morgan fingerprint density at radius 1 is 0.290 bits per heavy atom. The third kappa shape index (κ3) is 6.83. The zero-order valence-corrected chi connectivity index (χ0v) is 38.7. The monoisotopic (exact) mass is 895 g/mol. The first-order valence-electron chi connectivity index (χ1n) is 23.7. The zero-order chi connectivity index (χ0) is 45.7. The van der Waals surface area contributed by atoms with Crippen molar-refractivity contribution in [1.29, 1.82) is 0 Å². The lowest BCUT2D eigenvalue weighted by molar-refractivity contribution is 0.768. The van der Waals surface area contributed by atoms with Crippen LogP contribution in [0.3, 0.4) is 0 Å². The first-order valence-corrected chi connectivity index (χ1v) is 24.6. The summed E-state index contributed by atoms with van der Waals surface area (Å²) in [6.07, 6.45) is 0. The van der Waals surface area contributed by atoms with Gasteiger partial charge < -0.3 is 4.90 Å². The number of rotatable bonds is 9. The van der Waals surface area contributed by atoms with Crippen molar-refractivity contribution in [2.24, 2.45) is 0 Å². The van der Waals surface area contributed by atoms with Crippen LogP contribution < -0.4 is 4.90 Å². The second-order valence-electron chi connectivity index (χ2n) is 18.0. The number of fused-ring (bicyclic) bond motifs is 6. The number of para-hydroxylation sites is 1. The molecular weight excluding hydrogens is 851 g/mol. The molecule has 1 aromatic heterocycles. The molecule has 12 aromatic rings. The zero-order valence-electron chi connectivity index (χ0n) is 37.8. The Balaban J connectivity index is 1.03. The van der Waals surface area contributed by atoms with Gasteiger partial charge in [0.25, 0.3) is 0 Å². The van der Waals surface area contributed by atoms with Gasteiger partial charge in [-0.3, -0.25) is 0 Å². The molecule has 0 spiro atoms. The van der Waals surface area contributed by atoms with Gasteiger partial charge in [-0.05, 0) is 115 Å². The minimum absolute atomic E-state index is 0.598. The molecule has 0 unspecified atom stereocenters. The van der Waals surface area contributed by atoms with Crippen LogP contribution in [0.4, 0.5) is 17.1 Å². The standard InChI is InChI=1S/C67H45NS/c1-5-18-46(19-6-1)48-32-34-49(35-33-48)56-26-13-15-30-64(56)68(54-39-36-50(37-40-54)57-28-17-29-61-60-27-14-16-31-65(60)69-66(57)61)55-41-43-59-58-42-38-51(47-20-7-2-8-21-47)44-62(58)67(63(59)45-55,52-22-9-3-10-23-52)53-24-11-4-12-25-53/h1-45H. The molecular formula is C67H45NS. The van der Waals surface area contributed by atoms with Gasteiger partial charge in [-0.1, -0.05) is 231 Å². The molecule has 0 fully saturated rings. The van der Waals surface area contributed by atoms with E-state index in [9.17, 15) is 0 Å². The van der Waals surface area contributed by atoms with Gasteiger partial charge in [0.2, 0.25) is 0 Å². The highest BCUT2D eigenvalue weighted by Gasteiger charge is 2.46. The van der Waals surface area contributed by atoms with E-state index in [0.29, 0.717) is 0 Å². The minimum atomic E-state index is -0.598. The fourth-order valence-electron chi connectivity index (χ4n) is 11.0. The Morgan fingerprint density at radius 3 is 1.45 bits per heavy atom. The summed E-state index contributed by atoms with van der Waals surface area (Å²) >= 11 is 1.88. The molecule has 1 heterocycles. The third-order valence-corrected chi connectivity index (χ3v) is 15.4. The molecule has 324 valence electrons. The van der Waals surface area contributed by atoms with Gasteiger partial charge in [-0.25, -0.2) is 0 Å². The summed E-state index contributed by atoms with van der Waals surface area (Å²) in [5, 5.41) is 2.62. The van der Waals surface area contributed by atoms with Crippen molar-refractivity contribution in [1.82, 2.24) is 0 Å². The van der Waals surface area contributed by atoms with Crippen LogP contribution in [0, 0.1) is 0 Å². The maximum Gasteiger partial charge on any atom is 0.0714 e. The summed E-state index contributed by atoms with van der Waals surface area (Å²) in [5.41, 5.74) is 19.8. The average Bonchev–Trinajstić information content (AvgIpc) is 3.96. The molecule has 0 amide bonds. The van der Waals surface area contributed by atoms with Gasteiger partial charge in [0.1, 0.15) is 0 Å². The van der Waals surface area contributed by atoms with E-state index in [2.05, 4.69) is 278 Å². The smallest absolute Gasteiger partial charge is 0.0714 e. The molecule has 1 aliphatic rings. The summed E-state index contributed by atoms with van der Waals surface area (Å²) in [5.74, 6) is 0. The molecule has 0 saturated heterocycles. The Morgan fingerprint density at radius 2 is 0.754 bits per heavy atom. The van der Waals surface area contributed by atoms with Crippen molar-refractivity contribution in [2.75, 3.05) is 4.90 Å². The summed E-state index contributed by atoms with van der Waals surface area (Å²) in [6, 6.07) is 101. The molecule has 11 aromatic carbocycles. The van der Waals surface area contributed by atoms with Crippen molar-refractivity contribution in [3.05, 3.63) is 295 Å². The Kier molecular flexibility index (Phi) is 10.00. The summed E-state index contributed by atoms with van der Waals surface area (Å²) in [6.45, 7) is 0. The number of thiophene rings is 1. The molecule has 1 aliphatic carbocycles. The Bertz CT molecular complexity index is 3760. The first kappa shape index (κ1) is 40.7. The summed E-state index contributed by atoms with van der Waals surface area (Å²) in [7, 11) is 0. The summed E-state index contributed by atoms with van der Waals surface area (Å²) < 4.78 is 2.63. The second-order valence-corrected chi connectivity index (χ2v) is 19.0. The van der Waals surface area contributed by atoms with E-state index in [1.165, 1.54) is 86.9 Å². The van der Waals surface area contributed by atoms with Crippen LogP contribution >= 0.6 is 11.3 Å². The molecule has 0 N–H and O–H groups in total. The number of hydrogen-bond acceptors (Lipinski definition) is 2. The minimum Gasteiger partial charge on any atom is -0.310 e. The van der Waals surface area contributed by atoms with Crippen LogP contribution in [0.2, 0.25) is 0 Å². The largest absolute Gasteiger partial charge is 0.310 e. The molecule has 0 atom stereocenters.